The van der Waals surface area contributed by atoms with Gasteiger partial charge < -0.3 is 9.84 Å². The average molecular weight is 370 g/mol. The molecule has 0 spiro atoms. The lowest BCUT2D eigenvalue weighted by molar-refractivity contribution is 0.197. The van der Waals surface area contributed by atoms with Gasteiger partial charge in [-0.3, -0.25) is 0 Å². The molecule has 0 bridgehead atoms. The Morgan fingerprint density at radius 2 is 1.88 bits per heavy atom. The third-order valence-corrected chi connectivity index (χ3v) is 7.21. The van der Waals surface area contributed by atoms with E-state index in [1.54, 1.807) is 60.9 Å². The molecule has 0 aliphatic carbocycles. The van der Waals surface area contributed by atoms with Crippen LogP contribution in [0.15, 0.2) is 24.3 Å². The molecule has 1 N–H and O–H groups in total. The number of halogens is 1. The van der Waals surface area contributed by atoms with E-state index in [1.807, 2.05) is 0 Å². The van der Waals surface area contributed by atoms with Gasteiger partial charge in [-0.25, -0.2) is 8.42 Å². The standard InChI is InChI=1S/C11H15IO4S/c1-3-17(14,15)11(12)10(13)8-4-6-9(16-2)7-5-8/h4-7,10-11,13H,3H2,1-2H3. The summed E-state index contributed by atoms with van der Waals surface area (Å²) < 4.78 is 27.5. The molecule has 2 atom stereocenters. The van der Waals surface area contributed by atoms with Crippen LogP contribution in [0.2, 0.25) is 0 Å². The van der Waals surface area contributed by atoms with E-state index in [9.17, 15) is 13.5 Å². The first kappa shape index (κ1) is 14.7. The van der Waals surface area contributed by atoms with E-state index >= 15 is 0 Å². The Hall–Kier alpha value is -0.340. The quantitative estimate of drug-likeness (QED) is 0.636. The smallest absolute Gasteiger partial charge is 0.164 e. The molecule has 1 rings (SSSR count). The summed E-state index contributed by atoms with van der Waals surface area (Å²) in [4.78, 5) is 0. The third-order valence-electron chi connectivity index (χ3n) is 2.45. The van der Waals surface area contributed by atoms with Gasteiger partial charge in [-0.15, -0.1) is 0 Å². The highest BCUT2D eigenvalue weighted by molar-refractivity contribution is 14.1. The Morgan fingerprint density at radius 1 is 1.35 bits per heavy atom. The van der Waals surface area contributed by atoms with Crippen LogP contribution in [0, 0.1) is 0 Å². The molecule has 1 aromatic rings. The number of ether oxygens (including phenoxy) is 1. The highest BCUT2D eigenvalue weighted by Crippen LogP contribution is 2.28. The van der Waals surface area contributed by atoms with Crippen LogP contribution in [-0.4, -0.2) is 29.6 Å². The van der Waals surface area contributed by atoms with Crippen LogP contribution in [-0.2, 0) is 9.84 Å². The summed E-state index contributed by atoms with van der Waals surface area (Å²) in [6.07, 6.45) is -1.02. The molecule has 4 nitrogen and oxygen atoms in total. The molecule has 0 amide bonds. The highest BCUT2D eigenvalue weighted by atomic mass is 127. The van der Waals surface area contributed by atoms with Crippen molar-refractivity contribution in [1.29, 1.82) is 0 Å². The first-order chi connectivity index (χ1) is 7.92. The molecule has 0 saturated carbocycles. The fourth-order valence-electron chi connectivity index (χ4n) is 1.31. The monoisotopic (exact) mass is 370 g/mol. The number of aliphatic hydroxyl groups is 1. The number of methoxy groups -OCH3 is 1. The minimum absolute atomic E-state index is 0.0216. The first-order valence-corrected chi connectivity index (χ1v) is 8.06. The maximum Gasteiger partial charge on any atom is 0.164 e. The second-order valence-electron chi connectivity index (χ2n) is 3.52. The number of alkyl halides is 1. The molecule has 1 aromatic carbocycles. The van der Waals surface area contributed by atoms with Gasteiger partial charge in [0.25, 0.3) is 0 Å². The van der Waals surface area contributed by atoms with Crippen molar-refractivity contribution in [2.24, 2.45) is 0 Å². The van der Waals surface area contributed by atoms with Gasteiger partial charge in [0.1, 0.15) is 15.1 Å². The van der Waals surface area contributed by atoms with Gasteiger partial charge in [0.15, 0.2) is 9.84 Å². The molecule has 17 heavy (non-hydrogen) atoms. The topological polar surface area (TPSA) is 63.6 Å². The van der Waals surface area contributed by atoms with Gasteiger partial charge in [0, 0.05) is 5.75 Å². The van der Waals surface area contributed by atoms with Crippen molar-refractivity contribution >= 4 is 32.4 Å². The summed E-state index contributed by atoms with van der Waals surface area (Å²) in [5, 5.41) is 9.99. The average Bonchev–Trinajstić information content (AvgIpc) is 2.37. The van der Waals surface area contributed by atoms with Crippen LogP contribution in [0.3, 0.4) is 0 Å². The summed E-state index contributed by atoms with van der Waals surface area (Å²) in [5.74, 6) is 0.692. The largest absolute Gasteiger partial charge is 0.497 e. The lowest BCUT2D eigenvalue weighted by Gasteiger charge is -2.17. The van der Waals surface area contributed by atoms with Crippen LogP contribution in [0.4, 0.5) is 0 Å². The minimum Gasteiger partial charge on any atom is -0.497 e. The van der Waals surface area contributed by atoms with E-state index in [-0.39, 0.29) is 5.75 Å². The molecule has 0 aliphatic heterocycles. The Labute approximate surface area is 115 Å². The number of aliphatic hydroxyl groups excluding tert-OH is 1. The van der Waals surface area contributed by atoms with Crippen molar-refractivity contribution in [1.82, 2.24) is 0 Å². The maximum absolute atomic E-state index is 11.6. The molecule has 0 aliphatic rings. The van der Waals surface area contributed by atoms with Crippen LogP contribution in [0.25, 0.3) is 0 Å². The predicted molar refractivity (Wildman–Crippen MR) is 75.2 cm³/mol. The normalized spacial score (nSPS) is 15.3. The summed E-state index contributed by atoms with van der Waals surface area (Å²) in [6, 6.07) is 6.72. The van der Waals surface area contributed by atoms with Crippen LogP contribution in [0.1, 0.15) is 18.6 Å². The molecule has 0 aromatic heterocycles. The van der Waals surface area contributed by atoms with Gasteiger partial charge in [-0.2, -0.15) is 0 Å². The summed E-state index contributed by atoms with van der Waals surface area (Å²) in [5.41, 5.74) is 0.572. The molecule has 0 radical (unpaired) electrons. The van der Waals surface area contributed by atoms with E-state index < -0.39 is 19.2 Å². The molecule has 6 heteroatoms. The SMILES string of the molecule is CCS(=O)(=O)C(I)C(O)c1ccc(OC)cc1. The van der Waals surface area contributed by atoms with Crippen molar-refractivity contribution < 1.29 is 18.3 Å². The van der Waals surface area contributed by atoms with Crippen molar-refractivity contribution in [3.63, 3.8) is 0 Å². The summed E-state index contributed by atoms with van der Waals surface area (Å²) >= 11 is 1.76. The number of hydrogen-bond donors (Lipinski definition) is 1. The Bertz CT molecular complexity index is 455. The lowest BCUT2D eigenvalue weighted by Crippen LogP contribution is -2.24. The number of hydrogen-bond acceptors (Lipinski definition) is 4. The fraction of sp³-hybridized carbons (Fsp3) is 0.455. The molecule has 2 unspecified atom stereocenters. The van der Waals surface area contributed by atoms with E-state index in [1.165, 1.54) is 0 Å². The zero-order chi connectivity index (χ0) is 13.1. The lowest BCUT2D eigenvalue weighted by atomic mass is 10.1. The molecule has 0 heterocycles. The second-order valence-corrected chi connectivity index (χ2v) is 8.12. The van der Waals surface area contributed by atoms with Gasteiger partial charge in [-0.05, 0) is 17.7 Å². The predicted octanol–water partition coefficient (Wildman–Crippen LogP) is 1.92. The van der Waals surface area contributed by atoms with Crippen LogP contribution in [0.5, 0.6) is 5.75 Å². The number of sulfone groups is 1. The second kappa shape index (κ2) is 6.01. The fourth-order valence-corrected chi connectivity index (χ4v) is 3.67. The van der Waals surface area contributed by atoms with E-state index in [0.717, 1.165) is 0 Å². The number of rotatable bonds is 5. The zero-order valence-electron chi connectivity index (χ0n) is 9.63. The van der Waals surface area contributed by atoms with Crippen molar-refractivity contribution in [3.8, 4) is 5.75 Å². The van der Waals surface area contributed by atoms with E-state index in [4.69, 9.17) is 4.74 Å². The van der Waals surface area contributed by atoms with E-state index in [0.29, 0.717) is 11.3 Å². The zero-order valence-corrected chi connectivity index (χ0v) is 12.6. The van der Waals surface area contributed by atoms with Gasteiger partial charge >= 0.3 is 0 Å². The van der Waals surface area contributed by atoms with Gasteiger partial charge in [0.05, 0.1) is 7.11 Å². The highest BCUT2D eigenvalue weighted by Gasteiger charge is 2.29. The molecular weight excluding hydrogens is 355 g/mol. The van der Waals surface area contributed by atoms with E-state index in [2.05, 4.69) is 0 Å². The van der Waals surface area contributed by atoms with Gasteiger partial charge in [-0.1, -0.05) is 41.6 Å². The Kier molecular flexibility index (Phi) is 5.21. The first-order valence-electron chi connectivity index (χ1n) is 5.10. The molecule has 0 saturated heterocycles. The van der Waals surface area contributed by atoms with Crippen LogP contribution >= 0.6 is 22.6 Å². The number of benzene rings is 1. The minimum atomic E-state index is -3.26. The van der Waals surface area contributed by atoms with Crippen molar-refractivity contribution in [2.75, 3.05) is 12.9 Å². The van der Waals surface area contributed by atoms with Crippen molar-refractivity contribution in [3.05, 3.63) is 29.8 Å². The summed E-state index contributed by atoms with van der Waals surface area (Å²) in [7, 11) is -1.71. The summed E-state index contributed by atoms with van der Waals surface area (Å²) in [6.45, 7) is 1.57. The molecular formula is C11H15IO4S. The maximum atomic E-state index is 11.6. The van der Waals surface area contributed by atoms with Gasteiger partial charge in [0.2, 0.25) is 0 Å². The van der Waals surface area contributed by atoms with Crippen LogP contribution < -0.4 is 4.74 Å². The third kappa shape index (κ3) is 3.56. The molecule has 0 fully saturated rings. The molecule has 96 valence electrons. The Morgan fingerprint density at radius 3 is 2.29 bits per heavy atom. The Balaban J connectivity index is 2.92. The van der Waals surface area contributed by atoms with Crippen molar-refractivity contribution in [2.45, 2.75) is 16.3 Å².